The van der Waals surface area contributed by atoms with Crippen molar-refractivity contribution < 1.29 is 22.5 Å². The van der Waals surface area contributed by atoms with Crippen LogP contribution in [-0.4, -0.2) is 57.9 Å². The van der Waals surface area contributed by atoms with Crippen molar-refractivity contribution in [3.8, 4) is 0 Å². The summed E-state index contributed by atoms with van der Waals surface area (Å²) < 4.78 is 39.8. The minimum absolute atomic E-state index is 0.0166. The fourth-order valence-electron chi connectivity index (χ4n) is 2.61. The zero-order valence-corrected chi connectivity index (χ0v) is 16.0. The summed E-state index contributed by atoms with van der Waals surface area (Å²) in [6.07, 6.45) is 0. The lowest BCUT2D eigenvalue weighted by atomic mass is 10.2. The second kappa shape index (κ2) is 8.44. The van der Waals surface area contributed by atoms with E-state index in [0.29, 0.717) is 45.2 Å². The molecule has 25 heavy (non-hydrogen) atoms. The zero-order chi connectivity index (χ0) is 18.6. The van der Waals surface area contributed by atoms with Crippen LogP contribution >= 0.6 is 11.6 Å². The van der Waals surface area contributed by atoms with E-state index in [4.69, 9.17) is 11.6 Å². The molecule has 140 valence electrons. The number of benzene rings is 1. The molecule has 1 heterocycles. The van der Waals surface area contributed by atoms with E-state index in [1.807, 2.05) is 13.8 Å². The number of nitrogens with one attached hydrogen (secondary N) is 2. The number of quaternary nitrogens is 1. The minimum Gasteiger partial charge on any atom is -0.351 e. The first-order valence-electron chi connectivity index (χ1n) is 8.25. The molecular formula is C16H24ClFN3O3S+. The summed E-state index contributed by atoms with van der Waals surface area (Å²) in [6, 6.07) is 3.40. The molecular weight excluding hydrogens is 369 g/mol. The van der Waals surface area contributed by atoms with Crippen LogP contribution in [0.15, 0.2) is 23.1 Å². The average Bonchev–Trinajstić information content (AvgIpc) is 2.56. The zero-order valence-electron chi connectivity index (χ0n) is 14.4. The van der Waals surface area contributed by atoms with E-state index in [0.717, 1.165) is 17.0 Å². The van der Waals surface area contributed by atoms with Gasteiger partial charge in [0.25, 0.3) is 5.91 Å². The topological polar surface area (TPSA) is 70.9 Å². The first kappa shape index (κ1) is 20.1. The van der Waals surface area contributed by atoms with Crippen LogP contribution < -0.4 is 10.2 Å². The Morgan fingerprint density at radius 1 is 1.36 bits per heavy atom. The molecule has 1 aromatic rings. The third-order valence-electron chi connectivity index (χ3n) is 4.08. The lowest BCUT2D eigenvalue weighted by Gasteiger charge is -2.31. The molecule has 0 unspecified atom stereocenters. The second-order valence-corrected chi connectivity index (χ2v) is 8.95. The molecule has 0 aromatic heterocycles. The van der Waals surface area contributed by atoms with Crippen LogP contribution in [0.4, 0.5) is 4.39 Å². The molecule has 0 radical (unpaired) electrons. The number of carbonyl (C=O) groups is 1. The van der Waals surface area contributed by atoms with Gasteiger partial charge in [-0.05, 0) is 24.1 Å². The van der Waals surface area contributed by atoms with Crippen LogP contribution in [-0.2, 0) is 14.8 Å². The van der Waals surface area contributed by atoms with Gasteiger partial charge in [0.2, 0.25) is 10.0 Å². The van der Waals surface area contributed by atoms with Crippen molar-refractivity contribution >= 4 is 27.5 Å². The van der Waals surface area contributed by atoms with E-state index in [1.165, 1.54) is 10.4 Å². The molecule has 1 aromatic carbocycles. The predicted octanol–water partition coefficient (Wildman–Crippen LogP) is 0.141. The van der Waals surface area contributed by atoms with E-state index in [9.17, 15) is 17.6 Å². The first-order valence-corrected chi connectivity index (χ1v) is 10.1. The average molecular weight is 393 g/mol. The van der Waals surface area contributed by atoms with Gasteiger partial charge in [0.15, 0.2) is 6.54 Å². The number of carbonyl (C=O) groups excluding carboxylic acids is 1. The van der Waals surface area contributed by atoms with Crippen molar-refractivity contribution in [2.24, 2.45) is 5.92 Å². The lowest BCUT2D eigenvalue weighted by molar-refractivity contribution is -0.895. The SMILES string of the molecule is CC(C)CNC(=O)C[NH+]1CCN(S(=O)(=O)c2ccc(F)c(Cl)c2)CC1. The molecule has 1 aliphatic rings. The van der Waals surface area contributed by atoms with Crippen molar-refractivity contribution in [2.75, 3.05) is 39.3 Å². The van der Waals surface area contributed by atoms with E-state index in [1.54, 1.807) is 0 Å². The summed E-state index contributed by atoms with van der Waals surface area (Å²) in [4.78, 5) is 12.9. The van der Waals surface area contributed by atoms with E-state index < -0.39 is 15.8 Å². The van der Waals surface area contributed by atoms with Crippen LogP contribution in [0.3, 0.4) is 0 Å². The number of hydrogen-bond donors (Lipinski definition) is 2. The Labute approximate surface area is 153 Å². The van der Waals surface area contributed by atoms with Gasteiger partial charge in [-0.15, -0.1) is 0 Å². The molecule has 0 bridgehead atoms. The van der Waals surface area contributed by atoms with Gasteiger partial charge in [-0.25, -0.2) is 12.8 Å². The maximum atomic E-state index is 13.2. The number of piperazine rings is 1. The number of nitrogens with zero attached hydrogens (tertiary/aromatic N) is 1. The molecule has 0 saturated carbocycles. The van der Waals surface area contributed by atoms with Crippen LogP contribution in [0.2, 0.25) is 5.02 Å². The van der Waals surface area contributed by atoms with Crippen molar-refractivity contribution in [3.05, 3.63) is 29.0 Å². The molecule has 1 aliphatic heterocycles. The number of amides is 1. The molecule has 0 aliphatic carbocycles. The van der Waals surface area contributed by atoms with Crippen LogP contribution in [0.1, 0.15) is 13.8 Å². The largest absolute Gasteiger partial charge is 0.351 e. The fraction of sp³-hybridized carbons (Fsp3) is 0.562. The number of sulfonamides is 1. The summed E-state index contributed by atoms with van der Waals surface area (Å²) >= 11 is 5.68. The highest BCUT2D eigenvalue weighted by atomic mass is 35.5. The molecule has 1 amide bonds. The molecule has 2 N–H and O–H groups in total. The van der Waals surface area contributed by atoms with Crippen molar-refractivity contribution in [1.29, 1.82) is 0 Å². The van der Waals surface area contributed by atoms with Crippen molar-refractivity contribution in [1.82, 2.24) is 9.62 Å². The van der Waals surface area contributed by atoms with Gasteiger partial charge in [-0.3, -0.25) is 4.79 Å². The van der Waals surface area contributed by atoms with Crippen molar-refractivity contribution in [3.63, 3.8) is 0 Å². The first-order chi connectivity index (χ1) is 11.7. The second-order valence-electron chi connectivity index (χ2n) is 6.60. The smallest absolute Gasteiger partial charge is 0.275 e. The summed E-state index contributed by atoms with van der Waals surface area (Å²) in [5.74, 6) is -0.281. The number of halogens is 2. The standard InChI is InChI=1S/C16H23ClFN3O3S/c1-12(2)10-19-16(22)11-20-5-7-21(8-6-20)25(23,24)13-3-4-15(18)14(17)9-13/h3-4,9,12H,5-8,10-11H2,1-2H3,(H,19,22)/p+1. The Morgan fingerprint density at radius 2 is 2.00 bits per heavy atom. The Hall–Kier alpha value is -1.22. The van der Waals surface area contributed by atoms with Gasteiger partial charge in [0.05, 0.1) is 36.1 Å². The Balaban J connectivity index is 1.92. The van der Waals surface area contributed by atoms with Crippen LogP contribution in [0.5, 0.6) is 0 Å². The maximum Gasteiger partial charge on any atom is 0.275 e. The minimum atomic E-state index is -3.71. The van der Waals surface area contributed by atoms with Gasteiger partial charge in [-0.1, -0.05) is 25.4 Å². The van der Waals surface area contributed by atoms with Crippen LogP contribution in [0, 0.1) is 11.7 Å². The Kier molecular flexibility index (Phi) is 6.79. The molecule has 1 fully saturated rings. The predicted molar refractivity (Wildman–Crippen MR) is 93.6 cm³/mol. The summed E-state index contributed by atoms with van der Waals surface area (Å²) in [7, 11) is -3.71. The molecule has 6 nitrogen and oxygen atoms in total. The normalized spacial score (nSPS) is 17.0. The van der Waals surface area contributed by atoms with E-state index in [-0.39, 0.29) is 15.8 Å². The molecule has 0 atom stereocenters. The van der Waals surface area contributed by atoms with Gasteiger partial charge in [0, 0.05) is 6.54 Å². The van der Waals surface area contributed by atoms with Gasteiger partial charge >= 0.3 is 0 Å². The summed E-state index contributed by atoms with van der Waals surface area (Å²) in [5, 5.41) is 2.65. The summed E-state index contributed by atoms with van der Waals surface area (Å²) in [6.45, 7) is 6.73. The third-order valence-corrected chi connectivity index (χ3v) is 6.26. The highest BCUT2D eigenvalue weighted by molar-refractivity contribution is 7.89. The Bertz CT molecular complexity index is 719. The van der Waals surface area contributed by atoms with Gasteiger partial charge < -0.3 is 10.2 Å². The quantitative estimate of drug-likeness (QED) is 0.723. The molecule has 0 spiro atoms. The number of rotatable bonds is 6. The van der Waals surface area contributed by atoms with E-state index in [2.05, 4.69) is 5.32 Å². The third kappa shape index (κ3) is 5.37. The summed E-state index contributed by atoms with van der Waals surface area (Å²) in [5.41, 5.74) is 0. The maximum absolute atomic E-state index is 13.2. The monoisotopic (exact) mass is 392 g/mol. The van der Waals surface area contributed by atoms with E-state index >= 15 is 0 Å². The molecule has 9 heteroatoms. The van der Waals surface area contributed by atoms with Crippen molar-refractivity contribution in [2.45, 2.75) is 18.7 Å². The van der Waals surface area contributed by atoms with Gasteiger partial charge in [0.1, 0.15) is 5.82 Å². The fourth-order valence-corrected chi connectivity index (χ4v) is 4.33. The molecule has 2 rings (SSSR count). The van der Waals surface area contributed by atoms with Crippen LogP contribution in [0.25, 0.3) is 0 Å². The molecule has 1 saturated heterocycles. The highest BCUT2D eigenvalue weighted by Gasteiger charge is 2.31. The lowest BCUT2D eigenvalue weighted by Crippen LogP contribution is -3.15. The Morgan fingerprint density at radius 3 is 2.56 bits per heavy atom. The van der Waals surface area contributed by atoms with Gasteiger partial charge in [-0.2, -0.15) is 4.31 Å². The highest BCUT2D eigenvalue weighted by Crippen LogP contribution is 2.22. The number of hydrogen-bond acceptors (Lipinski definition) is 3.